The molecule has 2 aromatic carbocycles. The number of likely N-dealkylation sites (tertiary alicyclic amines) is 2. The fraction of sp³-hybridized carbons (Fsp3) is 0.273. The van der Waals surface area contributed by atoms with Crippen LogP contribution in [0.1, 0.15) is 46.9 Å². The van der Waals surface area contributed by atoms with E-state index >= 15 is 0 Å². The molecule has 2 aliphatic heterocycles. The molecule has 0 bridgehead atoms. The molecule has 0 N–H and O–H groups in total. The number of hydrogen-bond acceptors (Lipinski definition) is 8. The Morgan fingerprint density at radius 3 is 1.43 bits per heavy atom. The fourth-order valence-corrected chi connectivity index (χ4v) is 8.57. The number of pyridine rings is 4. The van der Waals surface area contributed by atoms with Crippen LogP contribution in [0.3, 0.4) is 0 Å². The third-order valence-corrected chi connectivity index (χ3v) is 11.6. The number of methoxy groups -OCH3 is 2. The van der Waals surface area contributed by atoms with Gasteiger partial charge in [0, 0.05) is 84.3 Å². The minimum Gasteiger partial charge on any atom is -0.481 e. The van der Waals surface area contributed by atoms with Gasteiger partial charge in [-0.3, -0.25) is 19.8 Å². The highest BCUT2D eigenvalue weighted by molar-refractivity contribution is 6.39. The highest BCUT2D eigenvalue weighted by Crippen LogP contribution is 2.43. The number of rotatable bonds is 11. The molecule has 2 aliphatic rings. The van der Waals surface area contributed by atoms with Crippen molar-refractivity contribution >= 4 is 23.2 Å². The summed E-state index contributed by atoms with van der Waals surface area (Å²) in [5.74, 6) is 2.15. The summed E-state index contributed by atoms with van der Waals surface area (Å²) in [5.41, 5.74) is 9.35. The Kier molecular flexibility index (Phi) is 10.9. The van der Waals surface area contributed by atoms with Crippen LogP contribution in [0.15, 0.2) is 110 Å². The van der Waals surface area contributed by atoms with Gasteiger partial charge in [-0.2, -0.15) is 0 Å². The Balaban J connectivity index is 1.01. The van der Waals surface area contributed by atoms with Crippen molar-refractivity contribution < 1.29 is 9.47 Å². The van der Waals surface area contributed by atoms with Crippen LogP contribution in [-0.2, 0) is 13.1 Å². The van der Waals surface area contributed by atoms with E-state index in [2.05, 4.69) is 44.0 Å². The lowest BCUT2D eigenvalue weighted by Gasteiger charge is -2.19. The van der Waals surface area contributed by atoms with Crippen LogP contribution in [-0.4, -0.2) is 70.1 Å². The lowest BCUT2D eigenvalue weighted by atomic mass is 9.98. The molecule has 8 rings (SSSR count). The standard InChI is InChI=1S/C44H42Cl2N6O2/c1-53-43-33(27-51-21-17-31(25-51)29-7-5-19-47-23-29)13-15-39(49-43)37-11-3-9-35(41(37)45)36-10-4-12-38(42(36)46)40-16-14-34(44(50-40)54-2)28-52-22-18-32(26-52)30-8-6-20-48-24-30/h3-16,19-20,23-24,31-32H,17-18,21-22,25-28H2,1-2H3. The number of benzene rings is 2. The van der Waals surface area contributed by atoms with Gasteiger partial charge < -0.3 is 9.47 Å². The molecule has 0 aliphatic carbocycles. The second-order valence-corrected chi connectivity index (χ2v) is 14.8. The van der Waals surface area contributed by atoms with E-state index in [0.717, 1.165) is 96.9 Å². The van der Waals surface area contributed by atoms with E-state index in [9.17, 15) is 0 Å². The molecule has 0 spiro atoms. The molecular weight excluding hydrogens is 715 g/mol. The van der Waals surface area contributed by atoms with Crippen LogP contribution in [0.2, 0.25) is 10.0 Å². The van der Waals surface area contributed by atoms with Crippen LogP contribution in [0.4, 0.5) is 0 Å². The molecule has 0 amide bonds. The maximum atomic E-state index is 7.20. The summed E-state index contributed by atoms with van der Waals surface area (Å²) >= 11 is 14.4. The number of hydrogen-bond donors (Lipinski definition) is 0. The Morgan fingerprint density at radius 2 is 1.02 bits per heavy atom. The molecule has 2 unspecified atom stereocenters. The van der Waals surface area contributed by atoms with Gasteiger partial charge >= 0.3 is 0 Å². The van der Waals surface area contributed by atoms with Gasteiger partial charge in [0.15, 0.2) is 0 Å². The van der Waals surface area contributed by atoms with E-state index in [0.29, 0.717) is 33.6 Å². The van der Waals surface area contributed by atoms with E-state index < -0.39 is 0 Å². The van der Waals surface area contributed by atoms with E-state index in [1.54, 1.807) is 14.2 Å². The van der Waals surface area contributed by atoms with Crippen LogP contribution >= 0.6 is 23.2 Å². The molecule has 10 heteroatoms. The van der Waals surface area contributed by atoms with Crippen LogP contribution in [0, 0.1) is 0 Å². The molecule has 6 heterocycles. The Labute approximate surface area is 326 Å². The SMILES string of the molecule is COc1nc(-c2cccc(-c3cccc(-c4ccc(CN5CCC(c6cccnc6)C5)c(OC)n4)c3Cl)c2Cl)ccc1CN1CCC(c2cccnc2)C1. The zero-order valence-electron chi connectivity index (χ0n) is 30.5. The van der Waals surface area contributed by atoms with E-state index in [4.69, 9.17) is 42.6 Å². The highest BCUT2D eigenvalue weighted by Gasteiger charge is 2.27. The van der Waals surface area contributed by atoms with Gasteiger partial charge in [0.05, 0.1) is 35.7 Å². The van der Waals surface area contributed by atoms with Crippen molar-refractivity contribution in [2.45, 2.75) is 37.8 Å². The van der Waals surface area contributed by atoms with Crippen molar-refractivity contribution in [2.24, 2.45) is 0 Å². The summed E-state index contributed by atoms with van der Waals surface area (Å²) in [4.78, 5) is 23.4. The summed E-state index contributed by atoms with van der Waals surface area (Å²) in [6.07, 6.45) is 9.82. The van der Waals surface area contributed by atoms with Gasteiger partial charge in [0.25, 0.3) is 0 Å². The largest absolute Gasteiger partial charge is 0.481 e. The first kappa shape index (κ1) is 36.1. The van der Waals surface area contributed by atoms with E-state index in [1.165, 1.54) is 11.1 Å². The summed E-state index contributed by atoms with van der Waals surface area (Å²) in [6, 6.07) is 28.5. The quantitative estimate of drug-likeness (QED) is 0.129. The lowest BCUT2D eigenvalue weighted by Crippen LogP contribution is -2.20. The Morgan fingerprint density at radius 1 is 0.574 bits per heavy atom. The molecule has 0 saturated carbocycles. The third-order valence-electron chi connectivity index (χ3n) is 10.7. The second kappa shape index (κ2) is 16.2. The molecule has 4 aromatic heterocycles. The molecule has 2 fully saturated rings. The van der Waals surface area contributed by atoms with Crippen LogP contribution < -0.4 is 9.47 Å². The van der Waals surface area contributed by atoms with E-state index in [1.807, 2.05) is 85.5 Å². The first-order chi connectivity index (χ1) is 26.5. The molecule has 6 aromatic rings. The first-order valence-corrected chi connectivity index (χ1v) is 19.1. The van der Waals surface area contributed by atoms with Gasteiger partial charge in [-0.05, 0) is 73.2 Å². The fourth-order valence-electron chi connectivity index (χ4n) is 7.92. The maximum Gasteiger partial charge on any atom is 0.218 e. The van der Waals surface area contributed by atoms with Crippen LogP contribution in [0.5, 0.6) is 11.8 Å². The van der Waals surface area contributed by atoms with Gasteiger partial charge in [-0.15, -0.1) is 0 Å². The monoisotopic (exact) mass is 756 g/mol. The topological polar surface area (TPSA) is 76.5 Å². The summed E-state index contributed by atoms with van der Waals surface area (Å²) in [7, 11) is 3.34. The Hall–Kier alpha value is -4.86. The average molecular weight is 758 g/mol. The van der Waals surface area contributed by atoms with Crippen molar-refractivity contribution in [2.75, 3.05) is 40.4 Å². The highest BCUT2D eigenvalue weighted by atomic mass is 35.5. The van der Waals surface area contributed by atoms with Crippen molar-refractivity contribution in [1.82, 2.24) is 29.7 Å². The predicted molar refractivity (Wildman–Crippen MR) is 215 cm³/mol. The third kappa shape index (κ3) is 7.57. The lowest BCUT2D eigenvalue weighted by molar-refractivity contribution is 0.314. The molecule has 8 nitrogen and oxygen atoms in total. The van der Waals surface area contributed by atoms with Crippen molar-refractivity contribution in [3.8, 4) is 45.4 Å². The van der Waals surface area contributed by atoms with Crippen molar-refractivity contribution in [3.05, 3.63) is 142 Å². The average Bonchev–Trinajstić information content (AvgIpc) is 3.90. The molecule has 2 saturated heterocycles. The summed E-state index contributed by atoms with van der Waals surface area (Å²) < 4.78 is 11.6. The minimum atomic E-state index is 0.479. The van der Waals surface area contributed by atoms with Gasteiger partial charge in [-0.1, -0.05) is 83.9 Å². The van der Waals surface area contributed by atoms with Crippen molar-refractivity contribution in [1.29, 1.82) is 0 Å². The van der Waals surface area contributed by atoms with Gasteiger partial charge in [-0.25, -0.2) is 9.97 Å². The number of ether oxygens (including phenoxy) is 2. The van der Waals surface area contributed by atoms with Gasteiger partial charge in [0.2, 0.25) is 11.8 Å². The second-order valence-electron chi connectivity index (χ2n) is 14.1. The van der Waals surface area contributed by atoms with Gasteiger partial charge in [0.1, 0.15) is 0 Å². The summed E-state index contributed by atoms with van der Waals surface area (Å²) in [6.45, 7) is 5.49. The Bertz CT molecular complexity index is 2080. The molecule has 2 atom stereocenters. The first-order valence-electron chi connectivity index (χ1n) is 18.4. The molecule has 54 heavy (non-hydrogen) atoms. The zero-order valence-corrected chi connectivity index (χ0v) is 32.0. The van der Waals surface area contributed by atoms with Crippen molar-refractivity contribution in [3.63, 3.8) is 0 Å². The smallest absolute Gasteiger partial charge is 0.218 e. The predicted octanol–water partition coefficient (Wildman–Crippen LogP) is 9.57. The van der Waals surface area contributed by atoms with E-state index in [-0.39, 0.29) is 0 Å². The molecule has 0 radical (unpaired) electrons. The molecular formula is C44H42Cl2N6O2. The number of aromatic nitrogens is 4. The maximum absolute atomic E-state index is 7.20. The van der Waals surface area contributed by atoms with Crippen LogP contribution in [0.25, 0.3) is 33.6 Å². The summed E-state index contributed by atoms with van der Waals surface area (Å²) in [5, 5.41) is 1.13. The normalized spacial score (nSPS) is 17.6. The zero-order chi connectivity index (χ0) is 37.0. The molecule has 274 valence electrons. The number of halogens is 2. The number of nitrogens with zero attached hydrogens (tertiary/aromatic N) is 6. The minimum absolute atomic E-state index is 0.479.